The highest BCUT2D eigenvalue weighted by Gasteiger charge is 2.39. The molecule has 7 heterocycles. The number of aromatic amines is 1. The number of carboxylic acids is 2. The van der Waals surface area contributed by atoms with E-state index in [0.29, 0.717) is 100 Å². The average Bonchev–Trinajstić information content (AvgIpc) is 1.69. The fourth-order valence-electron chi connectivity index (χ4n) is 9.94. The zero-order valence-corrected chi connectivity index (χ0v) is 53.3. The summed E-state index contributed by atoms with van der Waals surface area (Å²) in [5.41, 5.74) is 4.59. The minimum Gasteiger partial charge on any atom is -0.475 e. The Balaban J connectivity index is 0.000000880. The molecule has 8 rings (SSSR count). The van der Waals surface area contributed by atoms with Crippen LogP contribution in [-0.2, 0) is 36.8 Å². The number of likely N-dealkylation sites (N-methyl/N-ethyl adjacent to an activating group) is 2. The SMILES string of the molecule is CC(C)CCn1cc(NC(=O)c2ccc3[nH]c(C(=O)Nc4cc(C(=O)Nc5cc(C(=O)NCCCN6CCN(C)CC6)n(C)c5)n(CCC(C)C)c4)cc3c2)cc1C(=O)Nc1cc(C(=O)NCCCN2CCN(C)CC2)n(C)c1.O=C(O)C(F)(F)F.O=C(O)C(F)(F)F. The van der Waals surface area contributed by atoms with Crippen LogP contribution in [0.3, 0.4) is 0 Å². The number of anilines is 4. The Morgan fingerprint density at radius 1 is 0.473 bits per heavy atom. The smallest absolute Gasteiger partial charge is 0.475 e. The zero-order chi connectivity index (χ0) is 68.5. The van der Waals surface area contributed by atoms with Crippen molar-refractivity contribution in [3.63, 3.8) is 0 Å². The lowest BCUT2D eigenvalue weighted by molar-refractivity contribution is -0.193. The number of nitrogens with one attached hydrogen (secondary N) is 7. The van der Waals surface area contributed by atoms with Gasteiger partial charge >= 0.3 is 24.3 Å². The number of aryl methyl sites for hydroxylation is 4. The average molecular weight is 1310 g/mol. The quantitative estimate of drug-likeness (QED) is 0.0209. The number of alkyl halides is 6. The number of piperazine rings is 2. The van der Waals surface area contributed by atoms with Gasteiger partial charge in [0, 0.05) is 134 Å². The van der Waals surface area contributed by atoms with E-state index in [4.69, 9.17) is 19.8 Å². The second-order valence-electron chi connectivity index (χ2n) is 23.8. The molecular formula is C62H83F6N15O10. The second kappa shape index (κ2) is 33.1. The van der Waals surface area contributed by atoms with Crippen LogP contribution in [-0.4, -0.2) is 205 Å². The molecule has 2 aliphatic rings. The third-order valence-electron chi connectivity index (χ3n) is 15.3. The van der Waals surface area contributed by atoms with E-state index in [1.54, 1.807) is 96.5 Å². The molecule has 2 saturated heterocycles. The molecule has 93 heavy (non-hydrogen) atoms. The summed E-state index contributed by atoms with van der Waals surface area (Å²) >= 11 is 0. The van der Waals surface area contributed by atoms with Crippen molar-refractivity contribution in [3.8, 4) is 0 Å². The summed E-state index contributed by atoms with van der Waals surface area (Å²) in [7, 11) is 7.80. The molecule has 0 spiro atoms. The van der Waals surface area contributed by atoms with E-state index in [0.717, 1.165) is 91.1 Å². The van der Waals surface area contributed by atoms with Gasteiger partial charge in [-0.25, -0.2) is 9.59 Å². The van der Waals surface area contributed by atoms with Crippen molar-refractivity contribution < 1.29 is 74.9 Å². The molecule has 6 amide bonds. The highest BCUT2D eigenvalue weighted by molar-refractivity contribution is 6.11. The zero-order valence-electron chi connectivity index (χ0n) is 53.3. The van der Waals surface area contributed by atoms with Crippen LogP contribution in [0.2, 0.25) is 0 Å². The van der Waals surface area contributed by atoms with Gasteiger partial charge < -0.3 is 85.0 Å². The number of hydrogen-bond donors (Lipinski definition) is 9. The van der Waals surface area contributed by atoms with Gasteiger partial charge in [-0.05, 0) is 113 Å². The van der Waals surface area contributed by atoms with Crippen LogP contribution in [0.25, 0.3) is 10.9 Å². The van der Waals surface area contributed by atoms with Gasteiger partial charge in [0.15, 0.2) is 0 Å². The van der Waals surface area contributed by atoms with Crippen LogP contribution in [0.1, 0.15) is 116 Å². The molecule has 31 heteroatoms. The Hall–Kier alpha value is -8.94. The first kappa shape index (κ1) is 73.1. The Morgan fingerprint density at radius 2 is 0.839 bits per heavy atom. The van der Waals surface area contributed by atoms with E-state index >= 15 is 0 Å². The molecule has 0 atom stereocenters. The van der Waals surface area contributed by atoms with Crippen molar-refractivity contribution in [1.82, 2.24) is 53.5 Å². The van der Waals surface area contributed by atoms with Gasteiger partial charge in [0.05, 0.1) is 22.7 Å². The van der Waals surface area contributed by atoms with Crippen LogP contribution in [0, 0.1) is 11.8 Å². The maximum Gasteiger partial charge on any atom is 0.490 e. The lowest BCUT2D eigenvalue weighted by atomic mass is 10.1. The molecule has 25 nitrogen and oxygen atoms in total. The van der Waals surface area contributed by atoms with Crippen molar-refractivity contribution in [2.24, 2.45) is 25.9 Å². The van der Waals surface area contributed by atoms with E-state index in [1.807, 2.05) is 9.13 Å². The summed E-state index contributed by atoms with van der Waals surface area (Å²) in [4.78, 5) is 112. The van der Waals surface area contributed by atoms with Crippen molar-refractivity contribution in [2.75, 3.05) is 114 Å². The van der Waals surface area contributed by atoms with Gasteiger partial charge in [0.1, 0.15) is 28.5 Å². The maximum absolute atomic E-state index is 13.9. The third-order valence-corrected chi connectivity index (χ3v) is 15.3. The number of H-pyrrole nitrogens is 1. The lowest BCUT2D eigenvalue weighted by Gasteiger charge is -2.32. The highest BCUT2D eigenvalue weighted by Crippen LogP contribution is 2.25. The normalized spacial score (nSPS) is 14.2. The predicted molar refractivity (Wildman–Crippen MR) is 338 cm³/mol. The molecular weight excluding hydrogens is 1230 g/mol. The number of aromatic nitrogens is 5. The van der Waals surface area contributed by atoms with Gasteiger partial charge in [-0.1, -0.05) is 27.7 Å². The van der Waals surface area contributed by atoms with Crippen LogP contribution < -0.4 is 31.9 Å². The van der Waals surface area contributed by atoms with Crippen LogP contribution in [0.4, 0.5) is 49.1 Å². The number of carboxylic acid groups (broad SMARTS) is 2. The van der Waals surface area contributed by atoms with Gasteiger partial charge in [-0.3, -0.25) is 28.8 Å². The first-order chi connectivity index (χ1) is 43.7. The fraction of sp³-hybridized carbons (Fsp3) is 0.484. The van der Waals surface area contributed by atoms with Crippen LogP contribution in [0.5, 0.6) is 0 Å². The van der Waals surface area contributed by atoms with Gasteiger partial charge in [-0.15, -0.1) is 0 Å². The topological polar surface area (TPSA) is 298 Å². The summed E-state index contributed by atoms with van der Waals surface area (Å²) in [6.45, 7) is 20.7. The van der Waals surface area contributed by atoms with Crippen LogP contribution >= 0.6 is 0 Å². The molecule has 2 fully saturated rings. The van der Waals surface area contributed by atoms with Crippen LogP contribution in [0.15, 0.2) is 73.3 Å². The summed E-state index contributed by atoms with van der Waals surface area (Å²) in [5, 5.41) is 32.7. The number of fused-ring (bicyclic) bond motifs is 1. The second-order valence-corrected chi connectivity index (χ2v) is 23.8. The number of hydrogen-bond acceptors (Lipinski definition) is 12. The Labute approximate surface area is 533 Å². The van der Waals surface area contributed by atoms with E-state index in [2.05, 4.69) is 98.3 Å². The van der Waals surface area contributed by atoms with Crippen molar-refractivity contribution in [3.05, 3.63) is 107 Å². The summed E-state index contributed by atoms with van der Waals surface area (Å²) in [6.07, 6.45) is 0.0207. The molecule has 1 aromatic carbocycles. The lowest BCUT2D eigenvalue weighted by Crippen LogP contribution is -2.45. The molecule has 0 radical (unpaired) electrons. The highest BCUT2D eigenvalue weighted by atomic mass is 19.4. The van der Waals surface area contributed by atoms with E-state index in [-0.39, 0.29) is 29.3 Å². The van der Waals surface area contributed by atoms with Crippen molar-refractivity contribution in [1.29, 1.82) is 0 Å². The summed E-state index contributed by atoms with van der Waals surface area (Å²) in [5.74, 6) is -6.83. The summed E-state index contributed by atoms with van der Waals surface area (Å²) in [6, 6.07) is 13.4. The number of benzene rings is 1. The largest absolute Gasteiger partial charge is 0.490 e. The predicted octanol–water partition coefficient (Wildman–Crippen LogP) is 7.55. The number of amides is 6. The minimum absolute atomic E-state index is 0.213. The molecule has 5 aromatic heterocycles. The number of carbonyl (C=O) groups is 8. The summed E-state index contributed by atoms with van der Waals surface area (Å²) < 4.78 is 70.5. The third kappa shape index (κ3) is 22.4. The number of aliphatic carboxylic acids is 2. The molecule has 2 aliphatic heterocycles. The molecule has 0 saturated carbocycles. The van der Waals surface area contributed by atoms with Gasteiger partial charge in [-0.2, -0.15) is 26.3 Å². The Bertz CT molecular complexity index is 3370. The number of rotatable bonds is 24. The molecule has 0 bridgehead atoms. The standard InChI is InChI=1S/C58H81N15O6.2C2HF3O2/c1-39(2)13-19-72-37-45(33-51(72)57(78)63-43-31-49(68(7)35-43)55(76)59-15-9-17-70-25-21-66(5)22-26-70)61-53(74)41-11-12-47-42(29-41)30-48(65-47)54(75)62-46-34-52(73(38-46)20-14-40(3)4)58(79)64-44-32-50(69(8)36-44)56(77)60-16-10-18-71-27-23-67(6)24-28-71;2*3-2(4,5)1(6)7/h11-12,29-40,65H,9-10,13-28H2,1-8H3,(H,59,76)(H,60,77)(H,61,74)(H,62,75)(H,63,78)(H,64,79);2*(H,6,7). The minimum atomic E-state index is -5.08. The molecule has 9 N–H and O–H groups in total. The van der Waals surface area contributed by atoms with Crippen molar-refractivity contribution >= 4 is 81.0 Å². The Morgan fingerprint density at radius 3 is 1.23 bits per heavy atom. The molecule has 0 aliphatic carbocycles. The fourth-order valence-corrected chi connectivity index (χ4v) is 9.94. The number of carbonyl (C=O) groups excluding carboxylic acids is 6. The molecule has 0 unspecified atom stereocenters. The van der Waals surface area contributed by atoms with Crippen molar-refractivity contribution in [2.45, 2.75) is 78.8 Å². The maximum atomic E-state index is 13.9. The molecule has 6 aromatic rings. The number of halogens is 6. The monoisotopic (exact) mass is 1310 g/mol. The first-order valence-corrected chi connectivity index (χ1v) is 30.3. The van der Waals surface area contributed by atoms with Gasteiger partial charge in [0.2, 0.25) is 0 Å². The first-order valence-electron chi connectivity index (χ1n) is 30.3. The number of nitrogens with zero attached hydrogens (tertiary/aromatic N) is 8. The van der Waals surface area contributed by atoms with Gasteiger partial charge in [0.25, 0.3) is 35.4 Å². The Kier molecular flexibility index (Phi) is 26.0. The van der Waals surface area contributed by atoms with E-state index < -0.39 is 36.1 Å². The van der Waals surface area contributed by atoms with E-state index in [9.17, 15) is 55.1 Å². The van der Waals surface area contributed by atoms with E-state index in [1.165, 1.54) is 0 Å². The molecule has 508 valence electrons.